The number of carbonyl (C=O) groups excluding carboxylic acids is 2. The minimum Gasteiger partial charge on any atom is -0.489 e. The van der Waals surface area contributed by atoms with Gasteiger partial charge in [0.25, 0.3) is 0 Å². The van der Waals surface area contributed by atoms with E-state index in [2.05, 4.69) is 5.32 Å². The van der Waals surface area contributed by atoms with Crippen LogP contribution in [-0.2, 0) is 32.1 Å². The van der Waals surface area contributed by atoms with Crippen LogP contribution in [0.2, 0.25) is 10.0 Å². The van der Waals surface area contributed by atoms with Crippen LogP contribution in [0.25, 0.3) is 0 Å². The molecule has 2 amide bonds. The molecule has 198 valence electrons. The van der Waals surface area contributed by atoms with Gasteiger partial charge in [-0.2, -0.15) is 0 Å². The minimum atomic E-state index is -1.18. The third kappa shape index (κ3) is 7.22. The zero-order valence-electron chi connectivity index (χ0n) is 19.7. The van der Waals surface area contributed by atoms with Crippen molar-refractivity contribution in [1.29, 1.82) is 0 Å². The fourth-order valence-corrected chi connectivity index (χ4v) is 5.56. The van der Waals surface area contributed by atoms with E-state index in [1.54, 1.807) is 42.5 Å². The number of halogens is 2. The molecule has 2 fully saturated rings. The highest BCUT2D eigenvalue weighted by molar-refractivity contribution is 7.99. The Bertz CT molecular complexity index is 1110. The third-order valence-electron chi connectivity index (χ3n) is 6.00. The van der Waals surface area contributed by atoms with Crippen LogP contribution in [0.5, 0.6) is 5.75 Å². The van der Waals surface area contributed by atoms with Crippen LogP contribution in [0, 0.1) is 0 Å². The van der Waals surface area contributed by atoms with Crippen molar-refractivity contribution < 1.29 is 33.7 Å². The highest BCUT2D eigenvalue weighted by Crippen LogP contribution is 2.26. The number of carbonyl (C=O) groups is 3. The van der Waals surface area contributed by atoms with E-state index in [1.165, 1.54) is 16.7 Å². The number of rotatable bonds is 9. The number of nitrogens with zero attached hydrogens (tertiary/aromatic N) is 1. The number of thioether (sulfide) groups is 1. The number of ether oxygens (including phenoxy) is 3. The molecule has 2 heterocycles. The summed E-state index contributed by atoms with van der Waals surface area (Å²) < 4.78 is 16.4. The minimum absolute atomic E-state index is 0.0570. The molecule has 2 aliphatic heterocycles. The lowest BCUT2D eigenvalue weighted by molar-refractivity contribution is -0.142. The van der Waals surface area contributed by atoms with Crippen LogP contribution in [0.3, 0.4) is 0 Å². The molecule has 0 bridgehead atoms. The van der Waals surface area contributed by atoms with E-state index in [-0.39, 0.29) is 19.1 Å². The Balaban J connectivity index is 1.32. The van der Waals surface area contributed by atoms with Crippen molar-refractivity contribution in [3.05, 3.63) is 63.6 Å². The van der Waals surface area contributed by atoms with Gasteiger partial charge in [0.1, 0.15) is 30.5 Å². The predicted octanol–water partition coefficient (Wildman–Crippen LogP) is 3.98. The number of carboxylic acid groups (broad SMARTS) is 1. The zero-order chi connectivity index (χ0) is 26.4. The molecule has 0 aromatic heterocycles. The van der Waals surface area contributed by atoms with Gasteiger partial charge in [-0.25, -0.2) is 9.59 Å². The average molecular weight is 569 g/mol. The normalized spacial score (nSPS) is 19.9. The average Bonchev–Trinajstić information content (AvgIpc) is 3.56. The second-order valence-electron chi connectivity index (χ2n) is 8.59. The molecule has 2 aliphatic rings. The van der Waals surface area contributed by atoms with Crippen LogP contribution in [-0.4, -0.2) is 71.0 Å². The summed E-state index contributed by atoms with van der Waals surface area (Å²) in [6.07, 6.45) is -0.257. The van der Waals surface area contributed by atoms with Crippen molar-refractivity contribution in [1.82, 2.24) is 10.2 Å². The van der Waals surface area contributed by atoms with Crippen molar-refractivity contribution >= 4 is 52.9 Å². The van der Waals surface area contributed by atoms with Gasteiger partial charge in [-0.15, -0.1) is 11.8 Å². The summed E-state index contributed by atoms with van der Waals surface area (Å²) in [6, 6.07) is 10.1. The van der Waals surface area contributed by atoms with E-state index in [1.807, 2.05) is 0 Å². The lowest BCUT2D eigenvalue weighted by Crippen LogP contribution is -2.52. The lowest BCUT2D eigenvalue weighted by Gasteiger charge is -2.25. The summed E-state index contributed by atoms with van der Waals surface area (Å²) in [5.41, 5.74) is 1.36. The summed E-state index contributed by atoms with van der Waals surface area (Å²) in [4.78, 5) is 38.7. The Morgan fingerprint density at radius 1 is 1.16 bits per heavy atom. The fourth-order valence-electron chi connectivity index (χ4n) is 3.91. The van der Waals surface area contributed by atoms with Gasteiger partial charge in [0, 0.05) is 34.2 Å². The van der Waals surface area contributed by atoms with Crippen molar-refractivity contribution in [2.75, 3.05) is 24.8 Å². The molecule has 4 rings (SSSR count). The Hall–Kier alpha value is -2.66. The summed E-state index contributed by atoms with van der Waals surface area (Å²) in [5, 5.41) is 13.3. The molecule has 37 heavy (non-hydrogen) atoms. The van der Waals surface area contributed by atoms with Gasteiger partial charge >= 0.3 is 12.1 Å². The van der Waals surface area contributed by atoms with Crippen LogP contribution in [0.1, 0.15) is 17.5 Å². The summed E-state index contributed by atoms with van der Waals surface area (Å²) in [6.45, 7) is 1.04. The van der Waals surface area contributed by atoms with Crippen LogP contribution in [0.15, 0.2) is 42.5 Å². The van der Waals surface area contributed by atoms with E-state index in [0.717, 1.165) is 0 Å². The number of nitrogens with one attached hydrogen (secondary N) is 1. The Morgan fingerprint density at radius 2 is 1.89 bits per heavy atom. The quantitative estimate of drug-likeness (QED) is 0.466. The summed E-state index contributed by atoms with van der Waals surface area (Å²) in [7, 11) is 0. The zero-order valence-corrected chi connectivity index (χ0v) is 22.1. The molecule has 3 unspecified atom stereocenters. The van der Waals surface area contributed by atoms with E-state index >= 15 is 0 Å². The first kappa shape index (κ1) is 27.4. The number of hydrogen-bond donors (Lipinski definition) is 2. The smallest absolute Gasteiger partial charge is 0.411 e. The van der Waals surface area contributed by atoms with E-state index < -0.39 is 30.1 Å². The third-order valence-corrected chi connectivity index (χ3v) is 7.72. The molecule has 2 aromatic rings. The molecule has 2 aromatic carbocycles. The Kier molecular flexibility index (Phi) is 9.42. The van der Waals surface area contributed by atoms with Gasteiger partial charge in [-0.1, -0.05) is 41.4 Å². The molecule has 0 radical (unpaired) electrons. The largest absolute Gasteiger partial charge is 0.489 e. The fraction of sp³-hybridized carbons (Fsp3) is 0.400. The van der Waals surface area contributed by atoms with Crippen molar-refractivity contribution in [2.45, 2.75) is 37.6 Å². The first-order valence-corrected chi connectivity index (χ1v) is 13.5. The molecule has 3 atom stereocenters. The van der Waals surface area contributed by atoms with Crippen molar-refractivity contribution in [3.63, 3.8) is 0 Å². The predicted molar refractivity (Wildman–Crippen MR) is 139 cm³/mol. The molecule has 0 spiro atoms. The Morgan fingerprint density at radius 3 is 2.54 bits per heavy atom. The highest BCUT2D eigenvalue weighted by Gasteiger charge is 2.38. The first-order valence-electron chi connectivity index (χ1n) is 11.6. The van der Waals surface area contributed by atoms with Crippen LogP contribution < -0.4 is 10.1 Å². The summed E-state index contributed by atoms with van der Waals surface area (Å²) >= 11 is 13.7. The standard InChI is InChI=1S/C25H26Cl2N2O7S/c26-19-2-1-3-20(27)18(19)12-35-16-6-4-15(5-7-16)10-21(24(31)32)28-23(30)22-13-37-14-29(22)25(33)36-17-8-9-34-11-17/h1-7,17,21-22H,8-14H2,(H,28,30)(H,31,32). The lowest BCUT2D eigenvalue weighted by atomic mass is 10.1. The number of amides is 2. The first-order chi connectivity index (χ1) is 17.8. The molecular weight excluding hydrogens is 543 g/mol. The number of benzene rings is 2. The number of hydrogen-bond acceptors (Lipinski definition) is 7. The van der Waals surface area contributed by atoms with Gasteiger partial charge in [-0.05, 0) is 29.8 Å². The molecule has 0 saturated carbocycles. The maximum Gasteiger partial charge on any atom is 0.411 e. The van der Waals surface area contributed by atoms with Crippen molar-refractivity contribution in [3.8, 4) is 5.75 Å². The van der Waals surface area contributed by atoms with E-state index in [4.69, 9.17) is 37.4 Å². The molecule has 9 nitrogen and oxygen atoms in total. The van der Waals surface area contributed by atoms with Crippen molar-refractivity contribution in [2.24, 2.45) is 0 Å². The van der Waals surface area contributed by atoms with E-state index in [9.17, 15) is 19.5 Å². The van der Waals surface area contributed by atoms with E-state index in [0.29, 0.717) is 58.2 Å². The molecular formula is C25H26Cl2N2O7S. The molecule has 2 saturated heterocycles. The second-order valence-corrected chi connectivity index (χ2v) is 10.4. The molecule has 12 heteroatoms. The van der Waals surface area contributed by atoms with Gasteiger partial charge in [0.15, 0.2) is 0 Å². The number of aliphatic carboxylic acids is 1. The maximum absolute atomic E-state index is 12.9. The maximum atomic E-state index is 12.9. The van der Waals surface area contributed by atoms with Crippen LogP contribution >= 0.6 is 35.0 Å². The Labute approximate surface area is 228 Å². The molecule has 2 N–H and O–H groups in total. The second kappa shape index (κ2) is 12.7. The monoisotopic (exact) mass is 568 g/mol. The molecule has 0 aliphatic carbocycles. The van der Waals surface area contributed by atoms with Crippen LogP contribution in [0.4, 0.5) is 4.79 Å². The van der Waals surface area contributed by atoms with Gasteiger partial charge in [-0.3, -0.25) is 9.69 Å². The topological polar surface area (TPSA) is 114 Å². The SMILES string of the molecule is O=C(O)C(Cc1ccc(OCc2c(Cl)cccc2Cl)cc1)NC(=O)C1CSCN1C(=O)OC1CCOC1. The highest BCUT2D eigenvalue weighted by atomic mass is 35.5. The van der Waals surface area contributed by atoms with Gasteiger partial charge in [0.05, 0.1) is 19.1 Å². The summed E-state index contributed by atoms with van der Waals surface area (Å²) in [5.74, 6) is -0.502. The van der Waals surface area contributed by atoms with Gasteiger partial charge in [0.2, 0.25) is 5.91 Å². The number of carboxylic acids is 1. The van der Waals surface area contributed by atoms with Gasteiger partial charge < -0.3 is 24.6 Å².